The predicted molar refractivity (Wildman–Crippen MR) is 119 cm³/mol. The fourth-order valence-corrected chi connectivity index (χ4v) is 4.47. The number of amides is 5. The third kappa shape index (κ3) is 4.37. The standard InChI is InChI=1S/C23H21F3N6O4/c24-23(25,26)15-2-4-18(27-12-15)30-9-7-29(8-10-30)13-14-1-3-16-17(11-14)21(35)32(20(16)34)31-6-5-19(33)28-22(31)36/h1-4,11-12H,5-10,13H2,(H,28,33,36). The zero-order valence-electron chi connectivity index (χ0n) is 18.9. The van der Waals surface area contributed by atoms with Gasteiger partial charge >= 0.3 is 12.2 Å². The first-order valence-corrected chi connectivity index (χ1v) is 11.3. The molecule has 3 aliphatic rings. The maximum Gasteiger partial charge on any atom is 0.417 e. The first-order chi connectivity index (χ1) is 17.1. The summed E-state index contributed by atoms with van der Waals surface area (Å²) in [5.41, 5.74) is 0.389. The van der Waals surface area contributed by atoms with Gasteiger partial charge in [0, 0.05) is 45.3 Å². The monoisotopic (exact) mass is 502 g/mol. The number of benzene rings is 1. The Bertz CT molecular complexity index is 1240. The van der Waals surface area contributed by atoms with Crippen molar-refractivity contribution in [1.29, 1.82) is 0 Å². The molecule has 1 aromatic heterocycles. The minimum Gasteiger partial charge on any atom is -0.354 e. The van der Waals surface area contributed by atoms with Crippen LogP contribution in [0.1, 0.15) is 38.3 Å². The molecule has 36 heavy (non-hydrogen) atoms. The number of hydrogen-bond donors (Lipinski definition) is 1. The van der Waals surface area contributed by atoms with Crippen LogP contribution in [-0.2, 0) is 17.5 Å². The highest BCUT2D eigenvalue weighted by Crippen LogP contribution is 2.30. The highest BCUT2D eigenvalue weighted by atomic mass is 19.4. The molecule has 1 aromatic carbocycles. The van der Waals surface area contributed by atoms with E-state index in [2.05, 4.69) is 15.2 Å². The van der Waals surface area contributed by atoms with E-state index in [0.29, 0.717) is 38.5 Å². The van der Waals surface area contributed by atoms with Gasteiger partial charge in [0.2, 0.25) is 5.91 Å². The van der Waals surface area contributed by atoms with E-state index in [1.807, 2.05) is 4.90 Å². The Labute approximate surface area is 203 Å². The van der Waals surface area contributed by atoms with Gasteiger partial charge in [-0.25, -0.2) is 14.8 Å². The summed E-state index contributed by atoms with van der Waals surface area (Å²) in [6, 6.07) is 6.50. The average Bonchev–Trinajstić information content (AvgIpc) is 3.09. The normalized spacial score (nSPS) is 19.1. The molecular weight excluding hydrogens is 481 g/mol. The first-order valence-electron chi connectivity index (χ1n) is 11.3. The number of imide groups is 2. The van der Waals surface area contributed by atoms with Crippen LogP contribution < -0.4 is 10.2 Å². The third-order valence-corrected chi connectivity index (χ3v) is 6.38. The Balaban J connectivity index is 1.22. The summed E-state index contributed by atoms with van der Waals surface area (Å²) < 4.78 is 38.3. The van der Waals surface area contributed by atoms with Gasteiger partial charge in [-0.05, 0) is 29.8 Å². The van der Waals surface area contributed by atoms with Crippen LogP contribution in [0, 0.1) is 0 Å². The van der Waals surface area contributed by atoms with Crippen molar-refractivity contribution in [3.8, 4) is 0 Å². The lowest BCUT2D eigenvalue weighted by Crippen LogP contribution is -2.58. The van der Waals surface area contributed by atoms with Crippen LogP contribution in [0.4, 0.5) is 23.8 Å². The number of nitrogens with one attached hydrogen (secondary N) is 1. The van der Waals surface area contributed by atoms with E-state index < -0.39 is 35.5 Å². The van der Waals surface area contributed by atoms with Crippen molar-refractivity contribution in [2.24, 2.45) is 0 Å². The van der Waals surface area contributed by atoms with E-state index in [4.69, 9.17) is 0 Å². The topological polar surface area (TPSA) is 106 Å². The number of hydrazine groups is 1. The molecule has 13 heteroatoms. The van der Waals surface area contributed by atoms with Crippen LogP contribution in [0.2, 0.25) is 0 Å². The summed E-state index contributed by atoms with van der Waals surface area (Å²) in [6.07, 6.45) is -3.61. The van der Waals surface area contributed by atoms with Crippen molar-refractivity contribution in [1.82, 2.24) is 25.2 Å². The van der Waals surface area contributed by atoms with Crippen molar-refractivity contribution in [3.05, 3.63) is 58.8 Å². The van der Waals surface area contributed by atoms with Crippen LogP contribution in [-0.4, -0.2) is 76.4 Å². The average molecular weight is 502 g/mol. The number of rotatable bonds is 4. The number of nitrogens with zero attached hydrogens (tertiary/aromatic N) is 5. The highest BCUT2D eigenvalue weighted by molar-refractivity contribution is 6.22. The van der Waals surface area contributed by atoms with Crippen molar-refractivity contribution in [2.45, 2.75) is 19.1 Å². The number of carbonyl (C=O) groups excluding carboxylic acids is 4. The van der Waals surface area contributed by atoms with E-state index in [1.54, 1.807) is 18.2 Å². The molecule has 10 nitrogen and oxygen atoms in total. The lowest BCUT2D eigenvalue weighted by Gasteiger charge is -2.35. The lowest BCUT2D eigenvalue weighted by molar-refractivity contribution is -0.137. The molecule has 2 saturated heterocycles. The molecule has 1 N–H and O–H groups in total. The van der Waals surface area contributed by atoms with Crippen molar-refractivity contribution < 1.29 is 32.3 Å². The van der Waals surface area contributed by atoms with E-state index >= 15 is 0 Å². The predicted octanol–water partition coefficient (Wildman–Crippen LogP) is 1.88. The molecule has 0 atom stereocenters. The summed E-state index contributed by atoms with van der Waals surface area (Å²) in [7, 11) is 0. The van der Waals surface area contributed by atoms with Gasteiger partial charge in [-0.3, -0.25) is 24.6 Å². The van der Waals surface area contributed by atoms with Crippen LogP contribution in [0.25, 0.3) is 0 Å². The van der Waals surface area contributed by atoms with Crippen LogP contribution in [0.3, 0.4) is 0 Å². The Hall–Kier alpha value is -4.00. The number of anilines is 1. The zero-order valence-corrected chi connectivity index (χ0v) is 18.9. The quantitative estimate of drug-likeness (QED) is 0.637. The molecule has 5 amide bonds. The van der Waals surface area contributed by atoms with Gasteiger partial charge in [-0.15, -0.1) is 0 Å². The summed E-state index contributed by atoms with van der Waals surface area (Å²) in [5.74, 6) is -1.24. The molecule has 0 aliphatic carbocycles. The molecule has 0 saturated carbocycles. The molecule has 5 rings (SSSR count). The maximum atomic E-state index is 13.0. The highest BCUT2D eigenvalue weighted by Gasteiger charge is 2.43. The molecule has 2 aromatic rings. The summed E-state index contributed by atoms with van der Waals surface area (Å²) in [5, 5.41) is 3.82. The van der Waals surface area contributed by atoms with E-state index in [9.17, 15) is 32.3 Å². The molecular formula is C23H21F3N6O4. The minimum atomic E-state index is -4.43. The number of carbonyl (C=O) groups is 4. The third-order valence-electron chi connectivity index (χ3n) is 6.38. The summed E-state index contributed by atoms with van der Waals surface area (Å²) >= 11 is 0. The molecule has 0 spiro atoms. The second-order valence-corrected chi connectivity index (χ2v) is 8.69. The first kappa shape index (κ1) is 23.7. The Morgan fingerprint density at radius 3 is 2.25 bits per heavy atom. The number of aromatic nitrogens is 1. The SMILES string of the molecule is O=C1CCN(N2C(=O)c3ccc(CN4CCN(c5ccc(C(F)(F)F)cn5)CC4)cc3C2=O)C(=O)N1. The van der Waals surface area contributed by atoms with Gasteiger partial charge < -0.3 is 4.90 Å². The lowest BCUT2D eigenvalue weighted by atomic mass is 10.1. The molecule has 188 valence electrons. The molecule has 0 bridgehead atoms. The smallest absolute Gasteiger partial charge is 0.354 e. The van der Waals surface area contributed by atoms with Crippen LogP contribution in [0.15, 0.2) is 36.5 Å². The number of halogens is 3. The van der Waals surface area contributed by atoms with Crippen molar-refractivity contribution >= 4 is 29.6 Å². The molecule has 3 aliphatic heterocycles. The van der Waals surface area contributed by atoms with Gasteiger partial charge in [0.1, 0.15) is 5.82 Å². The zero-order chi connectivity index (χ0) is 25.6. The Morgan fingerprint density at radius 1 is 0.889 bits per heavy atom. The van der Waals surface area contributed by atoms with Crippen LogP contribution >= 0.6 is 0 Å². The van der Waals surface area contributed by atoms with Gasteiger partial charge in [0.25, 0.3) is 11.8 Å². The molecule has 0 radical (unpaired) electrons. The van der Waals surface area contributed by atoms with Crippen molar-refractivity contribution in [3.63, 3.8) is 0 Å². The van der Waals surface area contributed by atoms with E-state index in [1.165, 1.54) is 6.07 Å². The van der Waals surface area contributed by atoms with Gasteiger partial charge in [0.15, 0.2) is 0 Å². The fourth-order valence-electron chi connectivity index (χ4n) is 4.47. The minimum absolute atomic E-state index is 0.0155. The van der Waals surface area contributed by atoms with E-state index in [-0.39, 0.29) is 24.1 Å². The van der Waals surface area contributed by atoms with Gasteiger partial charge in [-0.1, -0.05) is 6.07 Å². The second kappa shape index (κ2) is 8.90. The number of pyridine rings is 1. The number of hydrogen-bond acceptors (Lipinski definition) is 7. The Kier molecular flexibility index (Phi) is 5.86. The summed E-state index contributed by atoms with van der Waals surface area (Å²) in [4.78, 5) is 57.3. The summed E-state index contributed by atoms with van der Waals surface area (Å²) in [6.45, 7) is 2.82. The molecule has 2 fully saturated rings. The largest absolute Gasteiger partial charge is 0.417 e. The van der Waals surface area contributed by atoms with E-state index in [0.717, 1.165) is 27.8 Å². The molecule has 4 heterocycles. The Morgan fingerprint density at radius 2 is 1.61 bits per heavy atom. The van der Waals surface area contributed by atoms with Crippen molar-refractivity contribution in [2.75, 3.05) is 37.6 Å². The molecule has 0 unspecified atom stereocenters. The number of urea groups is 1. The fraction of sp³-hybridized carbons (Fsp3) is 0.348. The van der Waals surface area contributed by atoms with Gasteiger partial charge in [-0.2, -0.15) is 18.2 Å². The van der Waals surface area contributed by atoms with Gasteiger partial charge in [0.05, 0.1) is 23.2 Å². The maximum absolute atomic E-state index is 13.0. The number of alkyl halides is 3. The van der Waals surface area contributed by atoms with Crippen LogP contribution in [0.5, 0.6) is 0 Å². The number of piperazine rings is 1. The second-order valence-electron chi connectivity index (χ2n) is 8.69. The number of fused-ring (bicyclic) bond motifs is 1.